The minimum absolute atomic E-state index is 0.201. The van der Waals surface area contributed by atoms with Gasteiger partial charge in [0.2, 0.25) is 0 Å². The lowest BCUT2D eigenvalue weighted by molar-refractivity contribution is 0.300. The molecule has 0 spiro atoms. The van der Waals surface area contributed by atoms with Gasteiger partial charge in [-0.05, 0) is 0 Å². The molecular weight excluding hydrogens is 198 g/mol. The van der Waals surface area contributed by atoms with Crippen LogP contribution in [0.1, 0.15) is 12.6 Å². The Kier molecular flexibility index (Phi) is 4.69. The Balaban J connectivity index is 2.43. The van der Waals surface area contributed by atoms with E-state index in [1.165, 1.54) is 0 Å². The van der Waals surface area contributed by atoms with Gasteiger partial charge in [0.1, 0.15) is 5.82 Å². The number of rotatable bonds is 5. The van der Waals surface area contributed by atoms with E-state index in [2.05, 4.69) is 15.3 Å². The van der Waals surface area contributed by atoms with Crippen molar-refractivity contribution in [2.24, 2.45) is 0 Å². The zero-order valence-electron chi connectivity index (χ0n) is 8.40. The zero-order valence-corrected chi connectivity index (χ0v) is 9.21. The summed E-state index contributed by atoms with van der Waals surface area (Å²) < 4.78 is 0. The Morgan fingerprint density at radius 2 is 2.29 bits per heavy atom. The molecule has 0 fully saturated rings. The highest BCUT2D eigenvalue weighted by Gasteiger charge is 2.02. The third-order valence-electron chi connectivity index (χ3n) is 1.73. The number of aromatic nitrogens is 2. The largest absolute Gasteiger partial charge is 0.395 e. The first-order valence-electron chi connectivity index (χ1n) is 4.47. The second-order valence-corrected chi connectivity index (χ2v) is 4.37. The van der Waals surface area contributed by atoms with Gasteiger partial charge in [0.05, 0.1) is 24.7 Å². The van der Waals surface area contributed by atoms with E-state index in [9.17, 15) is 0 Å². The van der Waals surface area contributed by atoms with Crippen LogP contribution in [0, 0.1) is 0 Å². The fourth-order valence-electron chi connectivity index (χ4n) is 0.839. The van der Waals surface area contributed by atoms with E-state index in [4.69, 9.17) is 5.11 Å². The highest BCUT2D eigenvalue weighted by Crippen LogP contribution is 2.15. The van der Waals surface area contributed by atoms with Crippen molar-refractivity contribution in [3.63, 3.8) is 0 Å². The van der Waals surface area contributed by atoms with Crippen LogP contribution in [0.25, 0.3) is 0 Å². The molecule has 1 rings (SSSR count). The first kappa shape index (κ1) is 11.3. The molecule has 2 N–H and O–H groups in total. The van der Waals surface area contributed by atoms with Crippen LogP contribution in [0.2, 0.25) is 0 Å². The van der Waals surface area contributed by atoms with Crippen LogP contribution >= 0.6 is 11.8 Å². The number of thioether (sulfide) groups is 1. The number of anilines is 1. The van der Waals surface area contributed by atoms with Gasteiger partial charge in [-0.15, -0.1) is 11.8 Å². The molecule has 0 aliphatic heterocycles. The maximum absolute atomic E-state index is 8.83. The van der Waals surface area contributed by atoms with Gasteiger partial charge in [-0.1, -0.05) is 6.92 Å². The Morgan fingerprint density at radius 1 is 1.50 bits per heavy atom. The molecule has 0 aliphatic rings. The average molecular weight is 213 g/mol. The van der Waals surface area contributed by atoms with Crippen molar-refractivity contribution >= 4 is 17.6 Å². The molecule has 0 amide bonds. The molecule has 1 unspecified atom stereocenters. The number of hydrogen-bond acceptors (Lipinski definition) is 5. The van der Waals surface area contributed by atoms with E-state index in [-0.39, 0.29) is 11.9 Å². The summed E-state index contributed by atoms with van der Waals surface area (Å²) in [5.41, 5.74) is 0.939. The van der Waals surface area contributed by atoms with Gasteiger partial charge in [0.15, 0.2) is 0 Å². The molecule has 1 heterocycles. The van der Waals surface area contributed by atoms with Gasteiger partial charge in [-0.3, -0.25) is 4.98 Å². The predicted molar refractivity (Wildman–Crippen MR) is 59.4 cm³/mol. The molecule has 4 nitrogen and oxygen atoms in total. The third-order valence-corrected chi connectivity index (χ3v) is 2.91. The molecule has 5 heteroatoms. The smallest absolute Gasteiger partial charge is 0.144 e. The van der Waals surface area contributed by atoms with Gasteiger partial charge < -0.3 is 10.4 Å². The number of hydrogen-bond donors (Lipinski definition) is 2. The molecule has 1 aromatic rings. The van der Waals surface area contributed by atoms with Crippen molar-refractivity contribution in [1.29, 1.82) is 0 Å². The summed E-state index contributed by atoms with van der Waals surface area (Å²) in [6.07, 6.45) is 3.46. The van der Waals surface area contributed by atoms with E-state index < -0.39 is 0 Å². The number of nitrogens with zero attached hydrogens (tertiary/aromatic N) is 2. The molecule has 0 aromatic carbocycles. The minimum atomic E-state index is 0.201. The van der Waals surface area contributed by atoms with E-state index in [1.807, 2.05) is 14.0 Å². The van der Waals surface area contributed by atoms with Crippen LogP contribution in [0.4, 0.5) is 5.82 Å². The Hall–Kier alpha value is -0.810. The van der Waals surface area contributed by atoms with Crippen molar-refractivity contribution in [1.82, 2.24) is 9.97 Å². The summed E-state index contributed by atoms with van der Waals surface area (Å²) in [6.45, 7) is 2.19. The van der Waals surface area contributed by atoms with E-state index in [0.717, 1.165) is 17.3 Å². The quantitative estimate of drug-likeness (QED) is 0.768. The zero-order chi connectivity index (χ0) is 10.4. The summed E-state index contributed by atoms with van der Waals surface area (Å²) in [5, 5.41) is 12.0. The third kappa shape index (κ3) is 3.51. The summed E-state index contributed by atoms with van der Waals surface area (Å²) in [4.78, 5) is 8.38. The molecule has 1 aromatic heterocycles. The molecular formula is C9H15N3OS. The highest BCUT2D eigenvalue weighted by molar-refractivity contribution is 7.99. The van der Waals surface area contributed by atoms with E-state index in [0.29, 0.717) is 0 Å². The van der Waals surface area contributed by atoms with Gasteiger partial charge in [-0.25, -0.2) is 4.98 Å². The Labute approximate surface area is 88.2 Å². The molecule has 0 saturated carbocycles. The molecule has 78 valence electrons. The van der Waals surface area contributed by atoms with Crippen LogP contribution in [0.5, 0.6) is 0 Å². The lowest BCUT2D eigenvalue weighted by Gasteiger charge is -2.06. The van der Waals surface area contributed by atoms with Crippen molar-refractivity contribution in [3.8, 4) is 0 Å². The summed E-state index contributed by atoms with van der Waals surface area (Å²) in [5.74, 6) is 1.56. The van der Waals surface area contributed by atoms with Gasteiger partial charge >= 0.3 is 0 Å². The standard InChI is InChI=1S/C9H15N3OS/c1-7(5-13)14-6-8-3-12-9(10-2)4-11-8/h3-4,7,13H,5-6H2,1-2H3,(H,10,12). The van der Waals surface area contributed by atoms with Crippen molar-refractivity contribution < 1.29 is 5.11 Å². The van der Waals surface area contributed by atoms with E-state index in [1.54, 1.807) is 24.2 Å². The fraction of sp³-hybridized carbons (Fsp3) is 0.556. The highest BCUT2D eigenvalue weighted by atomic mass is 32.2. The molecule has 1 atom stereocenters. The lowest BCUT2D eigenvalue weighted by Crippen LogP contribution is -2.03. The van der Waals surface area contributed by atoms with Crippen molar-refractivity contribution in [2.75, 3.05) is 19.0 Å². The summed E-state index contributed by atoms with van der Waals surface area (Å²) in [6, 6.07) is 0. The van der Waals surface area contributed by atoms with Gasteiger partial charge in [0.25, 0.3) is 0 Å². The van der Waals surface area contributed by atoms with Gasteiger partial charge in [-0.2, -0.15) is 0 Å². The topological polar surface area (TPSA) is 58.0 Å². The Bertz CT molecular complexity index is 265. The average Bonchev–Trinajstić information content (AvgIpc) is 2.26. The van der Waals surface area contributed by atoms with Crippen molar-refractivity contribution in [2.45, 2.75) is 17.9 Å². The normalized spacial score (nSPS) is 12.5. The van der Waals surface area contributed by atoms with Crippen LogP contribution in [0.15, 0.2) is 12.4 Å². The molecule has 0 aliphatic carbocycles. The Morgan fingerprint density at radius 3 is 2.79 bits per heavy atom. The molecule has 0 radical (unpaired) electrons. The van der Waals surface area contributed by atoms with Crippen LogP contribution in [-0.4, -0.2) is 34.0 Å². The SMILES string of the molecule is CNc1cnc(CSC(C)CO)cn1. The summed E-state index contributed by atoms with van der Waals surface area (Å²) >= 11 is 1.67. The van der Waals surface area contributed by atoms with Crippen molar-refractivity contribution in [3.05, 3.63) is 18.1 Å². The number of aliphatic hydroxyl groups is 1. The first-order valence-corrected chi connectivity index (χ1v) is 5.52. The summed E-state index contributed by atoms with van der Waals surface area (Å²) in [7, 11) is 1.81. The monoisotopic (exact) mass is 213 g/mol. The maximum atomic E-state index is 8.83. The minimum Gasteiger partial charge on any atom is -0.395 e. The number of nitrogens with one attached hydrogen (secondary N) is 1. The second-order valence-electron chi connectivity index (χ2n) is 2.95. The second kappa shape index (κ2) is 5.82. The van der Waals surface area contributed by atoms with Crippen LogP contribution in [0.3, 0.4) is 0 Å². The van der Waals surface area contributed by atoms with Crippen LogP contribution < -0.4 is 5.32 Å². The van der Waals surface area contributed by atoms with Crippen LogP contribution in [-0.2, 0) is 5.75 Å². The number of aliphatic hydroxyl groups excluding tert-OH is 1. The molecule has 0 bridgehead atoms. The maximum Gasteiger partial charge on any atom is 0.144 e. The van der Waals surface area contributed by atoms with Gasteiger partial charge in [0, 0.05) is 18.1 Å². The molecule has 14 heavy (non-hydrogen) atoms. The fourth-order valence-corrected chi connectivity index (χ4v) is 1.55. The van der Waals surface area contributed by atoms with E-state index >= 15 is 0 Å². The molecule has 0 saturated heterocycles. The first-order chi connectivity index (χ1) is 6.76. The lowest BCUT2D eigenvalue weighted by atomic mass is 10.5. The predicted octanol–water partition coefficient (Wildman–Crippen LogP) is 1.13.